The maximum Gasteiger partial charge on any atom is 0.444 e. The molecule has 116 valence electrons. The van der Waals surface area contributed by atoms with E-state index in [9.17, 15) is 22.8 Å². The van der Waals surface area contributed by atoms with Crippen LogP contribution in [0.3, 0.4) is 0 Å². The monoisotopic (exact) mass is 324 g/mol. The van der Waals surface area contributed by atoms with Crippen LogP contribution in [0.4, 0.5) is 24.5 Å². The molecule has 0 fully saturated rings. The van der Waals surface area contributed by atoms with Crippen molar-refractivity contribution in [1.82, 2.24) is 0 Å². The van der Waals surface area contributed by atoms with Crippen LogP contribution in [0, 0.1) is 0 Å². The summed E-state index contributed by atoms with van der Waals surface area (Å²) in [6.07, 6.45) is -4.27. The molecule has 2 N–H and O–H groups in total. The van der Waals surface area contributed by atoms with E-state index in [0.29, 0.717) is 0 Å². The van der Waals surface area contributed by atoms with Gasteiger partial charge in [-0.2, -0.15) is 8.78 Å². The third kappa shape index (κ3) is 5.14. The van der Waals surface area contributed by atoms with E-state index in [0.717, 1.165) is 13.0 Å². The molecule has 1 unspecified atom stereocenters. The van der Waals surface area contributed by atoms with Crippen molar-refractivity contribution in [3.05, 3.63) is 18.2 Å². The summed E-state index contributed by atoms with van der Waals surface area (Å²) in [6.45, 7) is 2.39. The topological polar surface area (TPSA) is 67.4 Å². The molecule has 0 saturated heterocycles. The number of ether oxygens (including phenoxy) is 1. The van der Waals surface area contributed by atoms with Gasteiger partial charge in [-0.05, 0) is 18.2 Å². The minimum absolute atomic E-state index is 0.161. The van der Waals surface area contributed by atoms with Gasteiger partial charge in [-0.25, -0.2) is 4.39 Å². The molecular formula is C12H12ClF3N2O3. The molecule has 1 aromatic carbocycles. The zero-order valence-electron chi connectivity index (χ0n) is 11.0. The highest BCUT2D eigenvalue weighted by molar-refractivity contribution is 6.20. The molecule has 9 heteroatoms. The average molecular weight is 325 g/mol. The Balaban J connectivity index is 3.12. The zero-order valence-corrected chi connectivity index (χ0v) is 11.8. The third-order valence-electron chi connectivity index (χ3n) is 2.11. The van der Waals surface area contributed by atoms with Crippen molar-refractivity contribution >= 4 is 34.8 Å². The lowest BCUT2D eigenvalue weighted by Crippen LogP contribution is -2.33. The Bertz CT molecular complexity index is 553. The Morgan fingerprint density at radius 3 is 2.29 bits per heavy atom. The minimum Gasteiger partial charge on any atom is -0.427 e. The molecular weight excluding hydrogens is 313 g/mol. The number of hydrogen-bond donors (Lipinski definition) is 2. The van der Waals surface area contributed by atoms with E-state index in [1.165, 1.54) is 19.1 Å². The predicted octanol–water partition coefficient (Wildman–Crippen LogP) is 3.11. The van der Waals surface area contributed by atoms with Crippen molar-refractivity contribution in [1.29, 1.82) is 0 Å². The quantitative estimate of drug-likeness (QED) is 0.818. The number of rotatable bonds is 5. The first-order chi connectivity index (χ1) is 9.61. The van der Waals surface area contributed by atoms with Gasteiger partial charge in [0.1, 0.15) is 5.75 Å². The molecule has 1 atom stereocenters. The first-order valence-corrected chi connectivity index (χ1v) is 6.09. The number of hydrogen-bond acceptors (Lipinski definition) is 3. The van der Waals surface area contributed by atoms with Crippen LogP contribution in [0.5, 0.6) is 5.75 Å². The average Bonchev–Trinajstić information content (AvgIpc) is 2.30. The number of halogens is 4. The number of amides is 2. The van der Waals surface area contributed by atoms with Crippen LogP contribution in [0.15, 0.2) is 18.2 Å². The fourth-order valence-corrected chi connectivity index (χ4v) is 1.42. The SMILES string of the molecule is CC(=O)Nc1ccc(OC(F)(F)C(F)Cl)c(NC(C)=O)c1. The predicted molar refractivity (Wildman–Crippen MR) is 71.4 cm³/mol. The van der Waals surface area contributed by atoms with Gasteiger partial charge in [0.25, 0.3) is 5.63 Å². The van der Waals surface area contributed by atoms with E-state index in [1.807, 2.05) is 0 Å². The Labute approximate surface area is 123 Å². The van der Waals surface area contributed by atoms with E-state index in [2.05, 4.69) is 15.4 Å². The molecule has 1 rings (SSSR count). The summed E-state index contributed by atoms with van der Waals surface area (Å²) >= 11 is 4.69. The van der Waals surface area contributed by atoms with E-state index >= 15 is 0 Å². The second-order valence-corrected chi connectivity index (χ2v) is 4.42. The highest BCUT2D eigenvalue weighted by Gasteiger charge is 2.42. The van der Waals surface area contributed by atoms with Gasteiger partial charge in [0.15, 0.2) is 0 Å². The van der Waals surface area contributed by atoms with Gasteiger partial charge in [0.2, 0.25) is 11.8 Å². The molecule has 0 saturated carbocycles. The van der Waals surface area contributed by atoms with Crippen LogP contribution in [0.25, 0.3) is 0 Å². The van der Waals surface area contributed by atoms with Gasteiger partial charge < -0.3 is 15.4 Å². The molecule has 0 bridgehead atoms. The third-order valence-corrected chi connectivity index (χ3v) is 2.36. The molecule has 21 heavy (non-hydrogen) atoms. The molecule has 1 aromatic rings. The summed E-state index contributed by atoms with van der Waals surface area (Å²) in [5, 5.41) is 4.63. The lowest BCUT2D eigenvalue weighted by atomic mass is 10.2. The first kappa shape index (κ1) is 17.1. The van der Waals surface area contributed by atoms with Gasteiger partial charge in [0, 0.05) is 19.5 Å². The highest BCUT2D eigenvalue weighted by atomic mass is 35.5. The van der Waals surface area contributed by atoms with Crippen LogP contribution in [-0.2, 0) is 9.59 Å². The Kier molecular flexibility index (Phi) is 5.42. The summed E-state index contributed by atoms with van der Waals surface area (Å²) in [5.74, 6) is -1.45. The van der Waals surface area contributed by atoms with Crippen LogP contribution >= 0.6 is 11.6 Å². The smallest absolute Gasteiger partial charge is 0.427 e. The fraction of sp³-hybridized carbons (Fsp3) is 0.333. The number of anilines is 2. The molecule has 0 aliphatic carbocycles. The second-order valence-electron chi connectivity index (χ2n) is 4.04. The lowest BCUT2D eigenvalue weighted by Gasteiger charge is -2.20. The lowest BCUT2D eigenvalue weighted by molar-refractivity contribution is -0.198. The summed E-state index contributed by atoms with van der Waals surface area (Å²) in [5.41, 5.74) is -2.98. The van der Waals surface area contributed by atoms with Gasteiger partial charge in [0.05, 0.1) is 5.69 Å². The molecule has 0 radical (unpaired) electrons. The molecule has 0 aliphatic rings. The van der Waals surface area contributed by atoms with E-state index in [1.54, 1.807) is 0 Å². The first-order valence-electron chi connectivity index (χ1n) is 5.66. The van der Waals surface area contributed by atoms with E-state index in [4.69, 9.17) is 11.6 Å². The highest BCUT2D eigenvalue weighted by Crippen LogP contribution is 2.35. The van der Waals surface area contributed by atoms with Crippen molar-refractivity contribution in [2.45, 2.75) is 25.6 Å². The molecule has 0 aromatic heterocycles. The van der Waals surface area contributed by atoms with Crippen molar-refractivity contribution in [2.75, 3.05) is 10.6 Å². The van der Waals surface area contributed by atoms with Crippen molar-refractivity contribution in [3.63, 3.8) is 0 Å². The maximum absolute atomic E-state index is 13.1. The molecule has 0 spiro atoms. The minimum atomic E-state index is -4.27. The zero-order chi connectivity index (χ0) is 16.2. The molecule has 0 aliphatic heterocycles. The Morgan fingerprint density at radius 2 is 1.81 bits per heavy atom. The van der Waals surface area contributed by atoms with E-state index < -0.39 is 29.3 Å². The summed E-state index contributed by atoms with van der Waals surface area (Å²) in [6, 6.07) is 3.49. The molecule has 2 amide bonds. The van der Waals surface area contributed by atoms with Crippen LogP contribution in [0.1, 0.15) is 13.8 Å². The normalized spacial score (nSPS) is 12.5. The number of carbonyl (C=O) groups is 2. The van der Waals surface area contributed by atoms with Gasteiger partial charge in [-0.1, -0.05) is 11.6 Å². The van der Waals surface area contributed by atoms with Crippen molar-refractivity contribution in [2.24, 2.45) is 0 Å². The Morgan fingerprint density at radius 1 is 1.24 bits per heavy atom. The summed E-state index contributed by atoms with van der Waals surface area (Å²) in [4.78, 5) is 22.0. The number of nitrogens with one attached hydrogen (secondary N) is 2. The van der Waals surface area contributed by atoms with Gasteiger partial charge >= 0.3 is 6.11 Å². The maximum atomic E-state index is 13.1. The number of alkyl halides is 4. The standard InChI is InChI=1S/C12H12ClF3N2O3/c1-6(19)17-8-3-4-10(9(5-8)18-7(2)20)21-12(15,16)11(13)14/h3-5,11H,1-2H3,(H,17,19)(H,18,20). The summed E-state index contributed by atoms with van der Waals surface area (Å²) in [7, 11) is 0. The largest absolute Gasteiger partial charge is 0.444 e. The van der Waals surface area contributed by atoms with Crippen LogP contribution in [-0.4, -0.2) is 23.6 Å². The number of benzene rings is 1. The fourth-order valence-electron chi connectivity index (χ4n) is 1.38. The van der Waals surface area contributed by atoms with Gasteiger partial charge in [-0.15, -0.1) is 0 Å². The van der Waals surface area contributed by atoms with Crippen LogP contribution < -0.4 is 15.4 Å². The van der Waals surface area contributed by atoms with Gasteiger partial charge in [-0.3, -0.25) is 9.59 Å². The Hall–Kier alpha value is -1.96. The number of carbonyl (C=O) groups excluding carboxylic acids is 2. The van der Waals surface area contributed by atoms with E-state index in [-0.39, 0.29) is 11.4 Å². The van der Waals surface area contributed by atoms with Crippen molar-refractivity contribution in [3.8, 4) is 5.75 Å². The summed E-state index contributed by atoms with van der Waals surface area (Å²) < 4.78 is 43.0. The molecule has 5 nitrogen and oxygen atoms in total. The van der Waals surface area contributed by atoms with Crippen LogP contribution in [0.2, 0.25) is 0 Å². The second kappa shape index (κ2) is 6.66. The van der Waals surface area contributed by atoms with Crippen molar-refractivity contribution < 1.29 is 27.5 Å². The molecule has 0 heterocycles.